The van der Waals surface area contributed by atoms with E-state index in [4.69, 9.17) is 0 Å². The fourth-order valence-electron chi connectivity index (χ4n) is 2.10. The second kappa shape index (κ2) is 5.54. The molecule has 2 nitrogen and oxygen atoms in total. The van der Waals surface area contributed by atoms with Crippen molar-refractivity contribution in [2.24, 2.45) is 0 Å². The Morgan fingerprint density at radius 3 is 2.80 bits per heavy atom. The molecule has 1 unspecified atom stereocenters. The van der Waals surface area contributed by atoms with E-state index in [9.17, 15) is 4.79 Å². The molecule has 0 aromatic rings. The van der Waals surface area contributed by atoms with Crippen LogP contribution in [0, 0.1) is 0 Å². The molecule has 0 spiro atoms. The molecule has 1 fully saturated rings. The van der Waals surface area contributed by atoms with E-state index in [2.05, 4.69) is 12.7 Å². The summed E-state index contributed by atoms with van der Waals surface area (Å²) in [5.41, 5.74) is 1.18. The van der Waals surface area contributed by atoms with Crippen molar-refractivity contribution in [2.75, 3.05) is 6.54 Å². The lowest BCUT2D eigenvalue weighted by Gasteiger charge is -2.24. The van der Waals surface area contributed by atoms with E-state index in [0.29, 0.717) is 0 Å². The first-order valence-electron chi connectivity index (χ1n) is 5.43. The van der Waals surface area contributed by atoms with Crippen LogP contribution in [-0.4, -0.2) is 23.4 Å². The van der Waals surface area contributed by atoms with Crippen LogP contribution in [0.4, 0.5) is 0 Å². The van der Waals surface area contributed by atoms with Gasteiger partial charge in [-0.05, 0) is 25.3 Å². The van der Waals surface area contributed by atoms with Crippen LogP contribution in [-0.2, 0) is 4.79 Å². The molecule has 0 saturated carbocycles. The SMILES string of the molecule is C=C/C=C(\C=C/C)C1CCCN1C(C)=O. The van der Waals surface area contributed by atoms with E-state index < -0.39 is 0 Å². The Hall–Kier alpha value is -1.31. The van der Waals surface area contributed by atoms with Crippen LogP contribution >= 0.6 is 0 Å². The zero-order valence-corrected chi connectivity index (χ0v) is 9.57. The summed E-state index contributed by atoms with van der Waals surface area (Å²) < 4.78 is 0. The maximum Gasteiger partial charge on any atom is 0.219 e. The number of amides is 1. The normalized spacial score (nSPS) is 22.4. The lowest BCUT2D eigenvalue weighted by molar-refractivity contribution is -0.128. The van der Waals surface area contributed by atoms with Gasteiger partial charge >= 0.3 is 0 Å². The fourth-order valence-corrected chi connectivity index (χ4v) is 2.10. The van der Waals surface area contributed by atoms with Crippen molar-refractivity contribution in [3.8, 4) is 0 Å². The van der Waals surface area contributed by atoms with Crippen molar-refractivity contribution in [1.82, 2.24) is 4.90 Å². The Labute approximate surface area is 92.0 Å². The minimum Gasteiger partial charge on any atom is -0.336 e. The van der Waals surface area contributed by atoms with Crippen molar-refractivity contribution < 1.29 is 4.79 Å². The molecule has 1 rings (SSSR count). The predicted molar refractivity (Wildman–Crippen MR) is 63.5 cm³/mol. The van der Waals surface area contributed by atoms with Crippen molar-refractivity contribution in [3.63, 3.8) is 0 Å². The third kappa shape index (κ3) is 2.82. The fraction of sp³-hybridized carbons (Fsp3) is 0.462. The highest BCUT2D eigenvalue weighted by molar-refractivity contribution is 5.74. The third-order valence-corrected chi connectivity index (χ3v) is 2.71. The number of carbonyl (C=O) groups is 1. The van der Waals surface area contributed by atoms with E-state index in [0.717, 1.165) is 19.4 Å². The van der Waals surface area contributed by atoms with Crippen molar-refractivity contribution in [2.45, 2.75) is 32.7 Å². The number of hydrogen-bond acceptors (Lipinski definition) is 1. The summed E-state index contributed by atoms with van der Waals surface area (Å²) in [5, 5.41) is 0. The highest BCUT2D eigenvalue weighted by Crippen LogP contribution is 2.24. The van der Waals surface area contributed by atoms with Gasteiger partial charge in [0, 0.05) is 13.5 Å². The quantitative estimate of drug-likeness (QED) is 0.649. The van der Waals surface area contributed by atoms with Crippen LogP contribution in [0.25, 0.3) is 0 Å². The number of rotatable bonds is 3. The molecule has 0 aromatic heterocycles. The summed E-state index contributed by atoms with van der Waals surface area (Å²) in [4.78, 5) is 13.4. The topological polar surface area (TPSA) is 20.3 Å². The van der Waals surface area contributed by atoms with Crippen LogP contribution < -0.4 is 0 Å². The van der Waals surface area contributed by atoms with Gasteiger partial charge < -0.3 is 4.90 Å². The second-order valence-corrected chi connectivity index (χ2v) is 3.77. The molecule has 1 atom stereocenters. The van der Waals surface area contributed by atoms with Gasteiger partial charge in [0.25, 0.3) is 0 Å². The van der Waals surface area contributed by atoms with Crippen molar-refractivity contribution in [3.05, 3.63) is 36.5 Å². The van der Waals surface area contributed by atoms with Gasteiger partial charge in [-0.1, -0.05) is 30.9 Å². The number of likely N-dealkylation sites (tertiary alicyclic amines) is 1. The van der Waals surface area contributed by atoms with Crippen LogP contribution in [0.15, 0.2) is 36.5 Å². The van der Waals surface area contributed by atoms with E-state index >= 15 is 0 Å². The largest absolute Gasteiger partial charge is 0.336 e. The van der Waals surface area contributed by atoms with Gasteiger partial charge in [-0.15, -0.1) is 0 Å². The van der Waals surface area contributed by atoms with E-state index in [-0.39, 0.29) is 11.9 Å². The Balaban J connectivity index is 2.87. The minimum absolute atomic E-state index is 0.164. The summed E-state index contributed by atoms with van der Waals surface area (Å²) in [7, 11) is 0. The summed E-state index contributed by atoms with van der Waals surface area (Å²) in [5.74, 6) is 0.164. The molecule has 82 valence electrons. The maximum atomic E-state index is 11.4. The van der Waals surface area contributed by atoms with E-state index in [1.54, 1.807) is 13.0 Å². The molecule has 1 aliphatic heterocycles. The van der Waals surface area contributed by atoms with Gasteiger partial charge in [0.15, 0.2) is 0 Å². The van der Waals surface area contributed by atoms with Crippen molar-refractivity contribution >= 4 is 5.91 Å². The molecule has 0 radical (unpaired) electrons. The predicted octanol–water partition coefficient (Wildman–Crippen LogP) is 2.69. The van der Waals surface area contributed by atoms with Crippen LogP contribution in [0.2, 0.25) is 0 Å². The highest BCUT2D eigenvalue weighted by Gasteiger charge is 2.27. The maximum absolute atomic E-state index is 11.4. The lowest BCUT2D eigenvalue weighted by atomic mass is 10.0. The Kier molecular flexibility index (Phi) is 4.35. The van der Waals surface area contributed by atoms with E-state index in [1.807, 2.05) is 24.0 Å². The molecule has 1 amide bonds. The Morgan fingerprint density at radius 1 is 1.53 bits per heavy atom. The molecule has 0 bridgehead atoms. The average molecular weight is 205 g/mol. The molecule has 0 N–H and O–H groups in total. The monoisotopic (exact) mass is 205 g/mol. The zero-order valence-electron chi connectivity index (χ0n) is 9.57. The van der Waals surface area contributed by atoms with E-state index in [1.165, 1.54) is 5.57 Å². The number of carbonyl (C=O) groups excluding carboxylic acids is 1. The Bertz CT molecular complexity index is 302. The van der Waals surface area contributed by atoms with Gasteiger partial charge in [0.1, 0.15) is 0 Å². The zero-order chi connectivity index (χ0) is 11.3. The van der Waals surface area contributed by atoms with Gasteiger partial charge in [-0.2, -0.15) is 0 Å². The molecule has 0 aliphatic carbocycles. The smallest absolute Gasteiger partial charge is 0.219 e. The number of allylic oxidation sites excluding steroid dienone is 3. The van der Waals surface area contributed by atoms with Gasteiger partial charge in [0.05, 0.1) is 6.04 Å². The number of hydrogen-bond donors (Lipinski definition) is 0. The first-order valence-corrected chi connectivity index (χ1v) is 5.43. The molecular weight excluding hydrogens is 186 g/mol. The molecule has 2 heteroatoms. The van der Waals surface area contributed by atoms with Gasteiger partial charge in [-0.3, -0.25) is 4.79 Å². The summed E-state index contributed by atoms with van der Waals surface area (Å²) in [6, 6.07) is 0.247. The average Bonchev–Trinajstić information content (AvgIpc) is 2.65. The third-order valence-electron chi connectivity index (χ3n) is 2.71. The first kappa shape index (κ1) is 11.8. The summed E-state index contributed by atoms with van der Waals surface area (Å²) in [6.07, 6.45) is 10.00. The van der Waals surface area contributed by atoms with Crippen LogP contribution in [0.3, 0.4) is 0 Å². The molecular formula is C13H19NO. The van der Waals surface area contributed by atoms with Gasteiger partial charge in [-0.25, -0.2) is 0 Å². The van der Waals surface area contributed by atoms with Gasteiger partial charge in [0.2, 0.25) is 5.91 Å². The second-order valence-electron chi connectivity index (χ2n) is 3.77. The highest BCUT2D eigenvalue weighted by atomic mass is 16.2. The molecule has 15 heavy (non-hydrogen) atoms. The number of nitrogens with zero attached hydrogens (tertiary/aromatic N) is 1. The van der Waals surface area contributed by atoms with Crippen LogP contribution in [0.5, 0.6) is 0 Å². The molecule has 1 saturated heterocycles. The first-order chi connectivity index (χ1) is 7.20. The lowest BCUT2D eigenvalue weighted by Crippen LogP contribution is -2.34. The molecule has 1 aliphatic rings. The van der Waals surface area contributed by atoms with Crippen LogP contribution in [0.1, 0.15) is 26.7 Å². The molecule has 0 aromatic carbocycles. The minimum atomic E-state index is 0.164. The summed E-state index contributed by atoms with van der Waals surface area (Å²) in [6.45, 7) is 8.22. The standard InChI is InChI=1S/C13H19NO/c1-4-7-12(8-5-2)13-9-6-10-14(13)11(3)15/h4-5,7-8,13H,1,6,9-10H2,2-3H3/b8-5-,12-7+. The van der Waals surface area contributed by atoms with Crippen molar-refractivity contribution in [1.29, 1.82) is 0 Å². The Morgan fingerprint density at radius 2 is 2.27 bits per heavy atom. The molecule has 1 heterocycles. The summed E-state index contributed by atoms with van der Waals surface area (Å²) >= 11 is 0.